The molecule has 1 saturated heterocycles. The fourth-order valence-electron chi connectivity index (χ4n) is 3.06. The number of ether oxygens (including phenoxy) is 1. The van der Waals surface area contributed by atoms with Gasteiger partial charge in [-0.15, -0.1) is 0 Å². The first-order valence-electron chi connectivity index (χ1n) is 7.69. The van der Waals surface area contributed by atoms with Crippen LogP contribution >= 0.6 is 23.2 Å². The predicted molar refractivity (Wildman–Crippen MR) is 92.3 cm³/mol. The molecule has 23 heavy (non-hydrogen) atoms. The zero-order valence-electron chi connectivity index (χ0n) is 13.5. The molecule has 1 N–H and O–H groups in total. The van der Waals surface area contributed by atoms with Crippen LogP contribution in [0.5, 0.6) is 0 Å². The van der Waals surface area contributed by atoms with Gasteiger partial charge in [0.25, 0.3) is 5.91 Å². The molecule has 3 rings (SSSR count). The van der Waals surface area contributed by atoms with E-state index in [2.05, 4.69) is 26.1 Å². The highest BCUT2D eigenvalue weighted by atomic mass is 35.5. The SMILES string of the molecule is CC(C)(C)C1CC2(CCO1)N=C(c1cc(Cl)cc(Cl)c1)C(=O)N2. The van der Waals surface area contributed by atoms with Crippen LogP contribution in [0.15, 0.2) is 23.2 Å². The van der Waals surface area contributed by atoms with E-state index in [-0.39, 0.29) is 17.4 Å². The molecule has 2 aliphatic heterocycles. The Morgan fingerprint density at radius 3 is 2.52 bits per heavy atom. The van der Waals surface area contributed by atoms with E-state index >= 15 is 0 Å². The Kier molecular flexibility index (Phi) is 4.20. The second-order valence-corrected chi connectivity index (χ2v) is 8.16. The summed E-state index contributed by atoms with van der Waals surface area (Å²) in [5.41, 5.74) is 0.451. The van der Waals surface area contributed by atoms with Crippen molar-refractivity contribution < 1.29 is 9.53 Å². The lowest BCUT2D eigenvalue weighted by molar-refractivity contribution is -0.119. The van der Waals surface area contributed by atoms with E-state index in [9.17, 15) is 4.79 Å². The predicted octanol–water partition coefficient (Wildman–Crippen LogP) is 3.83. The lowest BCUT2D eigenvalue weighted by Crippen LogP contribution is -2.52. The highest BCUT2D eigenvalue weighted by molar-refractivity contribution is 6.47. The smallest absolute Gasteiger partial charge is 0.272 e. The van der Waals surface area contributed by atoms with Crippen LogP contribution in [0.2, 0.25) is 10.0 Å². The van der Waals surface area contributed by atoms with Gasteiger partial charge in [-0.05, 0) is 23.6 Å². The van der Waals surface area contributed by atoms with E-state index in [0.717, 1.165) is 0 Å². The monoisotopic (exact) mass is 354 g/mol. The van der Waals surface area contributed by atoms with Gasteiger partial charge >= 0.3 is 0 Å². The van der Waals surface area contributed by atoms with Crippen molar-refractivity contribution in [1.82, 2.24) is 5.32 Å². The first kappa shape index (κ1) is 16.7. The van der Waals surface area contributed by atoms with Crippen LogP contribution in [0.1, 0.15) is 39.2 Å². The van der Waals surface area contributed by atoms with Gasteiger partial charge in [-0.1, -0.05) is 44.0 Å². The summed E-state index contributed by atoms with van der Waals surface area (Å²) in [6.45, 7) is 6.98. The summed E-state index contributed by atoms with van der Waals surface area (Å²) in [6, 6.07) is 5.07. The number of carbonyl (C=O) groups is 1. The lowest BCUT2D eigenvalue weighted by atomic mass is 9.81. The molecule has 0 radical (unpaired) electrons. The van der Waals surface area contributed by atoms with Crippen molar-refractivity contribution in [2.24, 2.45) is 10.4 Å². The number of halogens is 2. The quantitative estimate of drug-likeness (QED) is 0.832. The molecule has 0 bridgehead atoms. The summed E-state index contributed by atoms with van der Waals surface area (Å²) in [6.07, 6.45) is 1.38. The van der Waals surface area contributed by atoms with E-state index in [0.29, 0.717) is 40.8 Å². The van der Waals surface area contributed by atoms with Crippen LogP contribution in [-0.4, -0.2) is 30.0 Å². The fraction of sp³-hybridized carbons (Fsp3) is 0.529. The van der Waals surface area contributed by atoms with Gasteiger partial charge in [0.05, 0.1) is 12.7 Å². The maximum absolute atomic E-state index is 12.5. The topological polar surface area (TPSA) is 50.7 Å². The summed E-state index contributed by atoms with van der Waals surface area (Å²) in [7, 11) is 0. The zero-order chi connectivity index (χ0) is 16.8. The van der Waals surface area contributed by atoms with Gasteiger partial charge in [0.2, 0.25) is 0 Å². The second-order valence-electron chi connectivity index (χ2n) is 7.28. The average Bonchev–Trinajstić information content (AvgIpc) is 2.73. The minimum Gasteiger partial charge on any atom is -0.377 e. The summed E-state index contributed by atoms with van der Waals surface area (Å²) >= 11 is 12.1. The molecule has 0 saturated carbocycles. The minimum absolute atomic E-state index is 0.00418. The van der Waals surface area contributed by atoms with E-state index in [1.54, 1.807) is 18.2 Å². The molecule has 4 nitrogen and oxygen atoms in total. The summed E-state index contributed by atoms with van der Waals surface area (Å²) in [5, 5.41) is 4.03. The third-order valence-electron chi connectivity index (χ3n) is 4.35. The number of amides is 1. The highest BCUT2D eigenvalue weighted by Gasteiger charge is 2.46. The van der Waals surface area contributed by atoms with Crippen molar-refractivity contribution in [1.29, 1.82) is 0 Å². The van der Waals surface area contributed by atoms with Crippen molar-refractivity contribution in [2.45, 2.75) is 45.4 Å². The molecule has 0 aliphatic carbocycles. The largest absolute Gasteiger partial charge is 0.377 e. The molecule has 2 heterocycles. The van der Waals surface area contributed by atoms with Crippen LogP contribution < -0.4 is 5.32 Å². The number of rotatable bonds is 1. The molecule has 2 unspecified atom stereocenters. The van der Waals surface area contributed by atoms with Crippen LogP contribution in [0.4, 0.5) is 0 Å². The third kappa shape index (κ3) is 3.39. The number of hydrogen-bond acceptors (Lipinski definition) is 3. The molecule has 2 aliphatic rings. The number of carbonyl (C=O) groups excluding carboxylic acids is 1. The van der Waals surface area contributed by atoms with Crippen LogP contribution in [0.3, 0.4) is 0 Å². The molecule has 2 atom stereocenters. The first-order chi connectivity index (χ1) is 10.7. The van der Waals surface area contributed by atoms with Gasteiger partial charge in [0, 0.05) is 28.5 Å². The Hall–Kier alpha value is -1.10. The van der Waals surface area contributed by atoms with Crippen molar-refractivity contribution in [3.8, 4) is 0 Å². The Morgan fingerprint density at radius 2 is 1.91 bits per heavy atom. The van der Waals surface area contributed by atoms with Gasteiger partial charge in [-0.2, -0.15) is 0 Å². The van der Waals surface area contributed by atoms with Crippen LogP contribution in [0, 0.1) is 5.41 Å². The van der Waals surface area contributed by atoms with E-state index in [1.165, 1.54) is 0 Å². The molecule has 1 aromatic carbocycles. The number of nitrogens with zero attached hydrogens (tertiary/aromatic N) is 1. The Bertz CT molecular complexity index is 661. The van der Waals surface area contributed by atoms with Gasteiger partial charge in [-0.3, -0.25) is 9.79 Å². The zero-order valence-corrected chi connectivity index (χ0v) is 15.0. The Labute approximate surface area is 146 Å². The molecular weight excluding hydrogens is 335 g/mol. The first-order valence-corrected chi connectivity index (χ1v) is 8.45. The Balaban J connectivity index is 1.94. The summed E-state index contributed by atoms with van der Waals surface area (Å²) in [5.74, 6) is -0.183. The van der Waals surface area contributed by atoms with E-state index in [4.69, 9.17) is 32.9 Å². The highest BCUT2D eigenvalue weighted by Crippen LogP contribution is 2.37. The average molecular weight is 355 g/mol. The second kappa shape index (κ2) is 5.76. The summed E-state index contributed by atoms with van der Waals surface area (Å²) < 4.78 is 5.88. The van der Waals surface area contributed by atoms with Crippen molar-refractivity contribution in [3.63, 3.8) is 0 Å². The fourth-order valence-corrected chi connectivity index (χ4v) is 3.58. The van der Waals surface area contributed by atoms with Crippen LogP contribution in [-0.2, 0) is 9.53 Å². The van der Waals surface area contributed by atoms with Crippen molar-refractivity contribution in [3.05, 3.63) is 33.8 Å². The molecule has 1 fully saturated rings. The van der Waals surface area contributed by atoms with Crippen LogP contribution in [0.25, 0.3) is 0 Å². The van der Waals surface area contributed by atoms with E-state index in [1.807, 2.05) is 0 Å². The number of hydrogen-bond donors (Lipinski definition) is 1. The number of nitrogens with one attached hydrogen (secondary N) is 1. The normalized spacial score (nSPS) is 28.0. The van der Waals surface area contributed by atoms with Gasteiger partial charge in [0.15, 0.2) is 0 Å². The lowest BCUT2D eigenvalue weighted by Gasteiger charge is -2.41. The van der Waals surface area contributed by atoms with Crippen molar-refractivity contribution in [2.75, 3.05) is 6.61 Å². The molecule has 124 valence electrons. The maximum atomic E-state index is 12.5. The Morgan fingerprint density at radius 1 is 1.26 bits per heavy atom. The van der Waals surface area contributed by atoms with Gasteiger partial charge in [-0.25, -0.2) is 0 Å². The number of benzene rings is 1. The molecule has 0 aromatic heterocycles. The third-order valence-corrected chi connectivity index (χ3v) is 4.78. The molecule has 1 spiro atoms. The summed E-state index contributed by atoms with van der Waals surface area (Å²) in [4.78, 5) is 17.2. The molecule has 1 amide bonds. The van der Waals surface area contributed by atoms with Gasteiger partial charge in [0.1, 0.15) is 11.4 Å². The number of aliphatic imine (C=N–C) groups is 1. The standard InChI is InChI=1S/C17H20Cl2N2O2/c1-16(2,3)13-9-17(4-5-23-13)20-14(15(22)21-17)10-6-11(18)8-12(19)7-10/h6-8,13H,4-5,9H2,1-3H3,(H,21,22). The molecular formula is C17H20Cl2N2O2. The molecule has 1 aromatic rings. The van der Waals surface area contributed by atoms with Gasteiger partial charge < -0.3 is 10.1 Å². The van der Waals surface area contributed by atoms with Crippen molar-refractivity contribution >= 4 is 34.8 Å². The minimum atomic E-state index is -0.586. The maximum Gasteiger partial charge on any atom is 0.272 e. The molecule has 6 heteroatoms. The van der Waals surface area contributed by atoms with E-state index < -0.39 is 5.66 Å².